The van der Waals surface area contributed by atoms with Crippen LogP contribution in [0.15, 0.2) is 36.5 Å². The zero-order chi connectivity index (χ0) is 20.7. The Balaban J connectivity index is 1.33. The first-order chi connectivity index (χ1) is 14.6. The number of imide groups is 1. The second-order valence-electron chi connectivity index (χ2n) is 7.97. The van der Waals surface area contributed by atoms with Gasteiger partial charge >= 0.3 is 6.03 Å². The molecule has 1 aromatic carbocycles. The Bertz CT molecular complexity index is 1010. The van der Waals surface area contributed by atoms with Crippen molar-refractivity contribution in [2.24, 2.45) is 0 Å². The highest BCUT2D eigenvalue weighted by molar-refractivity contribution is 6.10. The maximum atomic E-state index is 13.3. The van der Waals surface area contributed by atoms with E-state index in [1.807, 2.05) is 10.7 Å². The number of benzene rings is 1. The van der Waals surface area contributed by atoms with Gasteiger partial charge in [0.05, 0.1) is 18.8 Å². The van der Waals surface area contributed by atoms with Gasteiger partial charge in [0, 0.05) is 18.1 Å². The van der Waals surface area contributed by atoms with Crippen LogP contribution in [0.2, 0.25) is 0 Å². The fourth-order valence-corrected chi connectivity index (χ4v) is 4.69. The lowest BCUT2D eigenvalue weighted by molar-refractivity contribution is -0.135. The van der Waals surface area contributed by atoms with E-state index in [0.717, 1.165) is 30.6 Å². The van der Waals surface area contributed by atoms with Crippen LogP contribution in [0.3, 0.4) is 0 Å². The molecule has 1 aromatic heterocycles. The minimum atomic E-state index is -1.18. The Morgan fingerprint density at radius 1 is 1.23 bits per heavy atom. The Morgan fingerprint density at radius 2 is 2.03 bits per heavy atom. The highest BCUT2D eigenvalue weighted by atomic mass is 16.5. The summed E-state index contributed by atoms with van der Waals surface area (Å²) in [5.74, 6) is 0.299. The molecule has 156 valence electrons. The minimum absolute atomic E-state index is 0.272. The quantitative estimate of drug-likeness (QED) is 0.753. The largest absolute Gasteiger partial charge is 0.493 e. The Kier molecular flexibility index (Phi) is 4.45. The normalized spacial score (nSPS) is 23.4. The van der Waals surface area contributed by atoms with E-state index in [1.54, 1.807) is 30.5 Å². The van der Waals surface area contributed by atoms with Crippen molar-refractivity contribution in [3.8, 4) is 5.75 Å². The molecule has 9 nitrogen and oxygen atoms in total. The number of hydrogen-bond donors (Lipinski definition) is 2. The van der Waals surface area contributed by atoms with Crippen LogP contribution in [0.4, 0.5) is 10.6 Å². The molecule has 1 atom stereocenters. The summed E-state index contributed by atoms with van der Waals surface area (Å²) in [6.45, 7) is -0.0467. The molecule has 1 saturated carbocycles. The maximum absolute atomic E-state index is 13.3. The standard InChI is InChI=1S/C21H23N5O4/c27-18(23-17-9-11-22-26(17)14-5-1-2-6-14)13-25-19(28)21(24-20(25)29)10-12-30-16-8-4-3-7-15(16)21/h3-4,7-9,11,14H,1-2,5-6,10,12-13H2,(H,23,27)(H,24,29)/t21-/m0/s1. The molecule has 30 heavy (non-hydrogen) atoms. The Morgan fingerprint density at radius 3 is 2.87 bits per heavy atom. The number of aromatic nitrogens is 2. The molecule has 2 aliphatic heterocycles. The molecule has 2 N–H and O–H groups in total. The molecule has 4 amide bonds. The molecule has 1 saturated heterocycles. The third-order valence-electron chi connectivity index (χ3n) is 6.17. The van der Waals surface area contributed by atoms with Gasteiger partial charge in [0.15, 0.2) is 5.54 Å². The van der Waals surface area contributed by atoms with Gasteiger partial charge in [0.25, 0.3) is 5.91 Å². The molecule has 2 fully saturated rings. The number of nitrogens with zero attached hydrogens (tertiary/aromatic N) is 3. The molecule has 3 heterocycles. The van der Waals surface area contributed by atoms with Crippen LogP contribution < -0.4 is 15.4 Å². The Labute approximate surface area is 173 Å². The van der Waals surface area contributed by atoms with Crippen molar-refractivity contribution < 1.29 is 19.1 Å². The van der Waals surface area contributed by atoms with Crippen molar-refractivity contribution >= 4 is 23.7 Å². The van der Waals surface area contributed by atoms with Crippen LogP contribution in [0.1, 0.15) is 43.7 Å². The summed E-state index contributed by atoms with van der Waals surface area (Å²) < 4.78 is 7.46. The van der Waals surface area contributed by atoms with Gasteiger partial charge in [-0.05, 0) is 18.9 Å². The third-order valence-corrected chi connectivity index (χ3v) is 6.17. The average Bonchev–Trinajstić information content (AvgIpc) is 3.47. The third kappa shape index (κ3) is 2.92. The van der Waals surface area contributed by atoms with Crippen LogP contribution in [0.25, 0.3) is 0 Å². The van der Waals surface area contributed by atoms with Crippen molar-refractivity contribution in [2.75, 3.05) is 18.5 Å². The van der Waals surface area contributed by atoms with Gasteiger partial charge in [-0.2, -0.15) is 5.10 Å². The number of carbonyl (C=O) groups excluding carboxylic acids is 3. The van der Waals surface area contributed by atoms with Gasteiger partial charge in [-0.25, -0.2) is 9.48 Å². The molecule has 3 aliphatic rings. The number of amides is 4. The van der Waals surface area contributed by atoms with Crippen molar-refractivity contribution in [1.29, 1.82) is 0 Å². The van der Waals surface area contributed by atoms with Crippen LogP contribution in [0, 0.1) is 0 Å². The number of para-hydroxylation sites is 1. The molecule has 1 spiro atoms. The van der Waals surface area contributed by atoms with E-state index in [2.05, 4.69) is 15.7 Å². The van der Waals surface area contributed by atoms with Gasteiger partial charge in [0.1, 0.15) is 18.1 Å². The second kappa shape index (κ2) is 7.16. The first-order valence-corrected chi connectivity index (χ1v) is 10.3. The van der Waals surface area contributed by atoms with Gasteiger partial charge in [-0.1, -0.05) is 31.0 Å². The second-order valence-corrected chi connectivity index (χ2v) is 7.97. The monoisotopic (exact) mass is 409 g/mol. The van der Waals surface area contributed by atoms with Crippen LogP contribution in [0.5, 0.6) is 5.75 Å². The van der Waals surface area contributed by atoms with Crippen molar-refractivity contribution in [3.05, 3.63) is 42.1 Å². The lowest BCUT2D eigenvalue weighted by Gasteiger charge is -2.33. The summed E-state index contributed by atoms with van der Waals surface area (Å²) in [6, 6.07) is 8.60. The van der Waals surface area contributed by atoms with Crippen molar-refractivity contribution in [1.82, 2.24) is 20.0 Å². The van der Waals surface area contributed by atoms with Gasteiger partial charge in [-0.15, -0.1) is 0 Å². The van der Waals surface area contributed by atoms with E-state index in [4.69, 9.17) is 4.74 Å². The highest BCUT2D eigenvalue weighted by Gasteiger charge is 2.55. The van der Waals surface area contributed by atoms with Gasteiger partial charge < -0.3 is 15.4 Å². The van der Waals surface area contributed by atoms with Gasteiger partial charge in [0.2, 0.25) is 5.91 Å². The number of carbonyl (C=O) groups is 3. The fraction of sp³-hybridized carbons (Fsp3) is 0.429. The molecule has 0 bridgehead atoms. The van der Waals surface area contributed by atoms with Crippen molar-refractivity contribution in [3.63, 3.8) is 0 Å². The molecular weight excluding hydrogens is 386 g/mol. The van der Waals surface area contributed by atoms with Crippen LogP contribution >= 0.6 is 0 Å². The van der Waals surface area contributed by atoms with Crippen LogP contribution in [-0.4, -0.2) is 45.7 Å². The number of hydrogen-bond acceptors (Lipinski definition) is 5. The molecule has 5 rings (SSSR count). The number of ether oxygens (including phenoxy) is 1. The summed E-state index contributed by atoms with van der Waals surface area (Å²) in [5.41, 5.74) is -0.561. The first kappa shape index (κ1) is 18.7. The molecule has 2 aromatic rings. The topological polar surface area (TPSA) is 106 Å². The summed E-state index contributed by atoms with van der Waals surface area (Å²) in [6.07, 6.45) is 6.32. The number of nitrogens with one attached hydrogen (secondary N) is 2. The average molecular weight is 409 g/mol. The van der Waals surface area contributed by atoms with E-state index in [9.17, 15) is 14.4 Å². The molecule has 0 radical (unpaired) electrons. The van der Waals surface area contributed by atoms with Gasteiger partial charge in [-0.3, -0.25) is 14.5 Å². The lowest BCUT2D eigenvalue weighted by atomic mass is 9.84. The van der Waals surface area contributed by atoms with E-state index >= 15 is 0 Å². The smallest absolute Gasteiger partial charge is 0.325 e. The summed E-state index contributed by atoms with van der Waals surface area (Å²) in [7, 11) is 0. The lowest BCUT2D eigenvalue weighted by Crippen LogP contribution is -2.48. The van der Waals surface area contributed by atoms with E-state index < -0.39 is 23.4 Å². The Hall–Kier alpha value is -3.36. The van der Waals surface area contributed by atoms with Crippen LogP contribution in [-0.2, 0) is 15.1 Å². The number of rotatable bonds is 4. The van der Waals surface area contributed by atoms with Crippen molar-refractivity contribution in [2.45, 2.75) is 43.7 Å². The highest BCUT2D eigenvalue weighted by Crippen LogP contribution is 2.41. The van der Waals surface area contributed by atoms with E-state index in [1.165, 1.54) is 0 Å². The zero-order valence-electron chi connectivity index (χ0n) is 16.5. The summed E-state index contributed by atoms with van der Waals surface area (Å²) >= 11 is 0. The zero-order valence-corrected chi connectivity index (χ0v) is 16.5. The molecule has 1 aliphatic carbocycles. The first-order valence-electron chi connectivity index (χ1n) is 10.3. The minimum Gasteiger partial charge on any atom is -0.493 e. The fourth-order valence-electron chi connectivity index (χ4n) is 4.69. The number of urea groups is 1. The number of fused-ring (bicyclic) bond motifs is 2. The maximum Gasteiger partial charge on any atom is 0.325 e. The van der Waals surface area contributed by atoms with E-state index in [0.29, 0.717) is 30.2 Å². The molecular formula is C21H23N5O4. The summed E-state index contributed by atoms with van der Waals surface area (Å²) in [5, 5.41) is 9.95. The SMILES string of the molecule is O=C(CN1C(=O)N[C@]2(CCOc3ccccc32)C1=O)Nc1ccnn1C1CCCC1. The number of anilines is 1. The molecule has 0 unspecified atom stereocenters. The van der Waals surface area contributed by atoms with E-state index in [-0.39, 0.29) is 12.6 Å². The molecule has 9 heteroatoms. The predicted molar refractivity (Wildman–Crippen MR) is 107 cm³/mol. The summed E-state index contributed by atoms with van der Waals surface area (Å²) in [4.78, 5) is 39.6. The predicted octanol–water partition coefficient (Wildman–Crippen LogP) is 2.17.